The van der Waals surface area contributed by atoms with Crippen LogP contribution in [0.3, 0.4) is 0 Å². The van der Waals surface area contributed by atoms with Gasteiger partial charge in [0.05, 0.1) is 42.9 Å². The zero-order chi connectivity index (χ0) is 26.5. The van der Waals surface area contributed by atoms with Crippen molar-refractivity contribution in [2.24, 2.45) is 5.92 Å². The van der Waals surface area contributed by atoms with Gasteiger partial charge >= 0.3 is 0 Å². The molecule has 36 heavy (non-hydrogen) atoms. The second-order valence-electron chi connectivity index (χ2n) is 7.92. The Morgan fingerprint density at radius 1 is 0.861 bits per heavy atom. The molecule has 1 aliphatic rings. The minimum absolute atomic E-state index is 0.0328. The van der Waals surface area contributed by atoms with Crippen LogP contribution in [0.4, 0.5) is 25.8 Å². The van der Waals surface area contributed by atoms with Gasteiger partial charge in [-0.2, -0.15) is 0 Å². The number of carbonyl (C=O) groups is 2. The fourth-order valence-electron chi connectivity index (χ4n) is 3.68. The molecule has 1 aliphatic carbocycles. The van der Waals surface area contributed by atoms with Gasteiger partial charge in [0.15, 0.2) is 11.6 Å². The summed E-state index contributed by atoms with van der Waals surface area (Å²) in [4.78, 5) is 25.7. The Kier molecular flexibility index (Phi) is 7.55. The van der Waals surface area contributed by atoms with Gasteiger partial charge in [0.1, 0.15) is 4.33 Å². The smallest absolute Gasteiger partial charge is 0.257 e. The molecular weight excluding hydrogens is 601 g/mol. The highest BCUT2D eigenvalue weighted by Crippen LogP contribution is 2.65. The van der Waals surface area contributed by atoms with Crippen molar-refractivity contribution in [1.29, 1.82) is 0 Å². The monoisotopic (exact) mass is 611 g/mol. The van der Waals surface area contributed by atoms with Crippen molar-refractivity contribution in [2.45, 2.75) is 10.3 Å². The fraction of sp³-hybridized carbons (Fsp3) is 0.130. The molecule has 188 valence electrons. The molecule has 3 aromatic carbocycles. The molecule has 1 fully saturated rings. The van der Waals surface area contributed by atoms with E-state index in [1.807, 2.05) is 0 Å². The summed E-state index contributed by atoms with van der Waals surface area (Å²) in [6.45, 7) is 0. The molecule has 1 saturated carbocycles. The number of amides is 2. The molecule has 2 amide bonds. The van der Waals surface area contributed by atoms with E-state index < -0.39 is 39.6 Å². The van der Waals surface area contributed by atoms with Crippen LogP contribution in [-0.2, 0) is 4.79 Å². The second-order valence-corrected chi connectivity index (χ2v) is 11.0. The Hall–Kier alpha value is -2.00. The summed E-state index contributed by atoms with van der Waals surface area (Å²) in [6, 6.07) is 8.66. The zero-order valence-electron chi connectivity index (χ0n) is 17.6. The number of nitrogen functional groups attached to an aromatic ring is 1. The molecule has 4 N–H and O–H groups in total. The maximum Gasteiger partial charge on any atom is 0.257 e. The van der Waals surface area contributed by atoms with E-state index in [-0.39, 0.29) is 42.7 Å². The molecular formula is C23H13Cl6F2N3O2. The highest BCUT2D eigenvalue weighted by Gasteiger charge is 2.67. The van der Waals surface area contributed by atoms with Gasteiger partial charge in [0.25, 0.3) is 5.91 Å². The maximum atomic E-state index is 13.6. The zero-order valence-corrected chi connectivity index (χ0v) is 22.1. The van der Waals surface area contributed by atoms with Crippen LogP contribution in [0, 0.1) is 17.6 Å². The molecule has 0 unspecified atom stereocenters. The third-order valence-corrected chi connectivity index (χ3v) is 7.99. The van der Waals surface area contributed by atoms with Gasteiger partial charge in [-0.25, -0.2) is 8.78 Å². The van der Waals surface area contributed by atoms with Crippen LogP contribution in [0.25, 0.3) is 0 Å². The third-order valence-electron chi connectivity index (χ3n) is 5.52. The first-order chi connectivity index (χ1) is 16.8. The lowest BCUT2D eigenvalue weighted by molar-refractivity contribution is -0.117. The maximum absolute atomic E-state index is 13.6. The summed E-state index contributed by atoms with van der Waals surface area (Å²) in [7, 11) is 0. The average Bonchev–Trinajstić information content (AvgIpc) is 3.38. The summed E-state index contributed by atoms with van der Waals surface area (Å²) < 4.78 is 25.4. The van der Waals surface area contributed by atoms with E-state index in [0.717, 1.165) is 12.1 Å². The molecule has 2 atom stereocenters. The van der Waals surface area contributed by atoms with Crippen LogP contribution in [0.15, 0.2) is 42.5 Å². The Bertz CT molecular complexity index is 1400. The molecule has 5 nitrogen and oxygen atoms in total. The van der Waals surface area contributed by atoms with Crippen LogP contribution in [0.2, 0.25) is 20.1 Å². The molecule has 0 heterocycles. The second kappa shape index (κ2) is 10.0. The molecule has 0 radical (unpaired) electrons. The predicted octanol–water partition coefficient (Wildman–Crippen LogP) is 7.94. The van der Waals surface area contributed by atoms with E-state index in [0.29, 0.717) is 5.56 Å². The quantitative estimate of drug-likeness (QED) is 0.155. The molecule has 3 aromatic rings. The highest BCUT2D eigenvalue weighted by atomic mass is 35.5. The van der Waals surface area contributed by atoms with Crippen molar-refractivity contribution in [1.82, 2.24) is 0 Å². The SMILES string of the molecule is Nc1cc(F)c(F)cc1NC(=O)c1cc(NC(=O)[C@H]2[C@H](c3cc(Cl)c(Cl)c(Cl)c3)C2(Cl)Cl)ccc1Cl. The molecule has 0 aromatic heterocycles. The topological polar surface area (TPSA) is 84.2 Å². The number of hydrogen-bond donors (Lipinski definition) is 3. The molecule has 4 rings (SSSR count). The van der Waals surface area contributed by atoms with Gasteiger partial charge in [-0.15, -0.1) is 23.2 Å². The van der Waals surface area contributed by atoms with Crippen LogP contribution < -0.4 is 16.4 Å². The summed E-state index contributed by atoms with van der Waals surface area (Å²) in [6.07, 6.45) is 0. The van der Waals surface area contributed by atoms with E-state index in [4.69, 9.17) is 75.3 Å². The third kappa shape index (κ3) is 5.19. The Labute approximate surface area is 233 Å². The van der Waals surface area contributed by atoms with Crippen molar-refractivity contribution in [2.75, 3.05) is 16.4 Å². The normalized spacial score (nSPS) is 18.0. The van der Waals surface area contributed by atoms with Gasteiger partial charge in [-0.1, -0.05) is 46.4 Å². The van der Waals surface area contributed by atoms with Crippen LogP contribution in [0.5, 0.6) is 0 Å². The van der Waals surface area contributed by atoms with Gasteiger partial charge in [-0.05, 0) is 35.9 Å². The lowest BCUT2D eigenvalue weighted by Crippen LogP contribution is -2.18. The molecule has 0 bridgehead atoms. The van der Waals surface area contributed by atoms with Crippen LogP contribution in [0.1, 0.15) is 21.8 Å². The van der Waals surface area contributed by atoms with Crippen molar-refractivity contribution in [3.63, 3.8) is 0 Å². The van der Waals surface area contributed by atoms with E-state index in [1.54, 1.807) is 0 Å². The minimum Gasteiger partial charge on any atom is -0.397 e. The standard InChI is InChI=1S/C23H13Cl6F2N3O2/c24-11-2-1-9(5-10(11)21(35)34-17-7-15(31)14(30)6-16(17)32)33-22(36)19-18(23(19,28)29)8-3-12(25)20(27)13(26)4-8/h1-7,18-19H,32H2,(H,33,36)(H,34,35)/t18-,19+/m0/s1. The van der Waals surface area contributed by atoms with Gasteiger partial charge in [-0.3, -0.25) is 9.59 Å². The van der Waals surface area contributed by atoms with E-state index in [1.165, 1.54) is 30.3 Å². The number of benzene rings is 3. The number of carbonyl (C=O) groups excluding carboxylic acids is 2. The first-order valence-corrected chi connectivity index (χ1v) is 12.3. The number of anilines is 3. The number of alkyl halides is 2. The predicted molar refractivity (Wildman–Crippen MR) is 141 cm³/mol. The highest BCUT2D eigenvalue weighted by molar-refractivity contribution is 6.54. The average molecular weight is 614 g/mol. The Morgan fingerprint density at radius 2 is 1.47 bits per heavy atom. The van der Waals surface area contributed by atoms with Gasteiger partial charge in [0, 0.05) is 23.7 Å². The fourth-order valence-corrected chi connectivity index (χ4v) is 5.32. The van der Waals surface area contributed by atoms with Crippen molar-refractivity contribution < 1.29 is 18.4 Å². The van der Waals surface area contributed by atoms with E-state index in [9.17, 15) is 18.4 Å². The van der Waals surface area contributed by atoms with Gasteiger partial charge in [0.2, 0.25) is 5.91 Å². The van der Waals surface area contributed by atoms with Crippen molar-refractivity contribution in [3.8, 4) is 0 Å². The summed E-state index contributed by atoms with van der Waals surface area (Å²) >= 11 is 37.1. The minimum atomic E-state index is -1.44. The lowest BCUT2D eigenvalue weighted by Gasteiger charge is -2.12. The van der Waals surface area contributed by atoms with Crippen LogP contribution >= 0.6 is 69.6 Å². The van der Waals surface area contributed by atoms with Gasteiger partial charge < -0.3 is 16.4 Å². The largest absolute Gasteiger partial charge is 0.397 e. The number of hydrogen-bond acceptors (Lipinski definition) is 3. The van der Waals surface area contributed by atoms with Crippen molar-refractivity contribution >= 4 is 98.5 Å². The first kappa shape index (κ1) is 27.0. The van der Waals surface area contributed by atoms with Crippen molar-refractivity contribution in [3.05, 3.63) is 85.3 Å². The first-order valence-electron chi connectivity index (χ1n) is 9.99. The number of rotatable bonds is 5. The summed E-state index contributed by atoms with van der Waals surface area (Å²) in [5, 5.41) is 5.57. The van der Waals surface area contributed by atoms with Crippen LogP contribution in [-0.4, -0.2) is 16.1 Å². The number of nitrogens with one attached hydrogen (secondary N) is 2. The van der Waals surface area contributed by atoms with E-state index >= 15 is 0 Å². The number of halogens is 8. The molecule has 0 aliphatic heterocycles. The van der Waals surface area contributed by atoms with E-state index in [2.05, 4.69) is 10.6 Å². The Morgan fingerprint density at radius 3 is 2.11 bits per heavy atom. The molecule has 0 spiro atoms. The summed E-state index contributed by atoms with van der Waals surface area (Å²) in [5.74, 6) is -5.16. The molecule has 0 saturated heterocycles. The molecule has 13 heteroatoms. The lowest BCUT2D eigenvalue weighted by atomic mass is 10.1. The summed E-state index contributed by atoms with van der Waals surface area (Å²) in [5.41, 5.74) is 5.97. The Balaban J connectivity index is 1.53. The number of nitrogens with two attached hydrogens (primary N) is 1.